The van der Waals surface area contributed by atoms with Crippen molar-refractivity contribution >= 4 is 5.69 Å². The Labute approximate surface area is 78.6 Å². The summed E-state index contributed by atoms with van der Waals surface area (Å²) in [4.78, 5) is 6.07. The van der Waals surface area contributed by atoms with Gasteiger partial charge in [0, 0.05) is 25.5 Å². The molecule has 0 spiro atoms. The van der Waals surface area contributed by atoms with E-state index in [1.54, 1.807) is 6.20 Å². The van der Waals surface area contributed by atoms with Crippen LogP contribution in [0, 0.1) is 12.3 Å². The van der Waals surface area contributed by atoms with E-state index in [2.05, 4.69) is 10.9 Å². The fourth-order valence-electron chi connectivity index (χ4n) is 1.04. The number of aromatic nitrogens is 1. The summed E-state index contributed by atoms with van der Waals surface area (Å²) in [6.45, 7) is 1.05. The van der Waals surface area contributed by atoms with Crippen molar-refractivity contribution in [2.75, 3.05) is 18.5 Å². The van der Waals surface area contributed by atoms with Crippen LogP contribution in [0.2, 0.25) is 0 Å². The van der Waals surface area contributed by atoms with Crippen LogP contribution >= 0.6 is 0 Å². The van der Waals surface area contributed by atoms with E-state index < -0.39 is 0 Å². The van der Waals surface area contributed by atoms with Crippen molar-refractivity contribution in [3.63, 3.8) is 0 Å². The zero-order chi connectivity index (χ0) is 9.68. The molecular formula is C10H13N3. The Kier molecular flexibility index (Phi) is 3.30. The first-order valence-corrected chi connectivity index (χ1v) is 4.07. The molecule has 0 aliphatic carbocycles. The topological polar surface area (TPSA) is 42.2 Å². The van der Waals surface area contributed by atoms with Crippen molar-refractivity contribution in [3.05, 3.63) is 24.0 Å². The van der Waals surface area contributed by atoms with Gasteiger partial charge in [0.05, 0.1) is 12.2 Å². The molecular weight excluding hydrogens is 162 g/mol. The summed E-state index contributed by atoms with van der Waals surface area (Å²) in [5.74, 6) is 2.58. The average molecular weight is 175 g/mol. The molecule has 0 saturated carbocycles. The third kappa shape index (κ3) is 2.46. The number of hydrogen-bond donors (Lipinski definition) is 1. The quantitative estimate of drug-likeness (QED) is 0.684. The van der Waals surface area contributed by atoms with E-state index in [0.717, 1.165) is 11.4 Å². The van der Waals surface area contributed by atoms with E-state index in [-0.39, 0.29) is 0 Å². The van der Waals surface area contributed by atoms with Crippen LogP contribution in [0.4, 0.5) is 5.69 Å². The Morgan fingerprint density at radius 3 is 3.08 bits per heavy atom. The lowest BCUT2D eigenvalue weighted by Gasteiger charge is -2.16. The minimum Gasteiger partial charge on any atom is -0.363 e. The van der Waals surface area contributed by atoms with Crippen LogP contribution in [-0.4, -0.2) is 18.6 Å². The van der Waals surface area contributed by atoms with Crippen LogP contribution in [0.5, 0.6) is 0 Å². The molecule has 0 fully saturated rings. The predicted molar refractivity (Wildman–Crippen MR) is 54.2 cm³/mol. The van der Waals surface area contributed by atoms with Gasteiger partial charge in [-0.2, -0.15) is 0 Å². The van der Waals surface area contributed by atoms with Crippen molar-refractivity contribution in [1.82, 2.24) is 4.98 Å². The van der Waals surface area contributed by atoms with E-state index in [1.807, 2.05) is 24.1 Å². The second-order valence-corrected chi connectivity index (χ2v) is 2.77. The molecule has 0 unspecified atom stereocenters. The zero-order valence-corrected chi connectivity index (χ0v) is 7.70. The lowest BCUT2D eigenvalue weighted by Crippen LogP contribution is -2.17. The van der Waals surface area contributed by atoms with E-state index in [9.17, 15) is 0 Å². The first-order valence-electron chi connectivity index (χ1n) is 4.07. The number of terminal acetylenes is 1. The van der Waals surface area contributed by atoms with E-state index in [4.69, 9.17) is 12.2 Å². The van der Waals surface area contributed by atoms with Gasteiger partial charge in [-0.05, 0) is 12.1 Å². The van der Waals surface area contributed by atoms with Crippen LogP contribution < -0.4 is 10.6 Å². The van der Waals surface area contributed by atoms with Gasteiger partial charge in [0.15, 0.2) is 0 Å². The summed E-state index contributed by atoms with van der Waals surface area (Å²) in [6, 6.07) is 3.86. The zero-order valence-electron chi connectivity index (χ0n) is 7.70. The van der Waals surface area contributed by atoms with Crippen LogP contribution in [0.3, 0.4) is 0 Å². The highest BCUT2D eigenvalue weighted by atomic mass is 15.1. The van der Waals surface area contributed by atoms with Gasteiger partial charge in [-0.1, -0.05) is 5.92 Å². The maximum atomic E-state index is 5.47. The molecule has 1 aromatic rings. The summed E-state index contributed by atoms with van der Waals surface area (Å²) >= 11 is 0. The van der Waals surface area contributed by atoms with E-state index in [0.29, 0.717) is 13.1 Å². The maximum Gasteiger partial charge on any atom is 0.0788 e. The van der Waals surface area contributed by atoms with Crippen molar-refractivity contribution < 1.29 is 0 Å². The van der Waals surface area contributed by atoms with Gasteiger partial charge in [-0.15, -0.1) is 6.42 Å². The molecule has 1 heterocycles. The number of nitrogens with two attached hydrogens (primary N) is 1. The summed E-state index contributed by atoms with van der Waals surface area (Å²) < 4.78 is 0. The van der Waals surface area contributed by atoms with Gasteiger partial charge in [-0.25, -0.2) is 0 Å². The number of anilines is 1. The first kappa shape index (κ1) is 9.56. The second-order valence-electron chi connectivity index (χ2n) is 2.77. The second kappa shape index (κ2) is 4.48. The van der Waals surface area contributed by atoms with Gasteiger partial charge in [0.2, 0.25) is 0 Å². The van der Waals surface area contributed by atoms with Gasteiger partial charge >= 0.3 is 0 Å². The molecule has 0 aromatic carbocycles. The SMILES string of the molecule is C#CCN(C)c1ccnc(CN)c1. The number of pyridine rings is 1. The van der Waals surface area contributed by atoms with Crippen molar-refractivity contribution in [2.45, 2.75) is 6.54 Å². The van der Waals surface area contributed by atoms with Crippen LogP contribution in [0.25, 0.3) is 0 Å². The Morgan fingerprint density at radius 2 is 2.46 bits per heavy atom. The number of nitrogens with zero attached hydrogens (tertiary/aromatic N) is 2. The van der Waals surface area contributed by atoms with Crippen molar-refractivity contribution in [3.8, 4) is 12.3 Å². The largest absolute Gasteiger partial charge is 0.363 e. The third-order valence-corrected chi connectivity index (χ3v) is 1.78. The normalized spacial score (nSPS) is 9.31. The molecule has 0 amide bonds. The highest BCUT2D eigenvalue weighted by molar-refractivity contribution is 5.46. The van der Waals surface area contributed by atoms with Crippen LogP contribution in [-0.2, 0) is 6.54 Å². The molecule has 0 saturated heterocycles. The molecule has 2 N–H and O–H groups in total. The van der Waals surface area contributed by atoms with Gasteiger partial charge in [-0.3, -0.25) is 4.98 Å². The fourth-order valence-corrected chi connectivity index (χ4v) is 1.04. The monoisotopic (exact) mass is 175 g/mol. The molecule has 0 radical (unpaired) electrons. The first-order chi connectivity index (χ1) is 6.27. The van der Waals surface area contributed by atoms with Crippen molar-refractivity contribution in [2.24, 2.45) is 5.73 Å². The molecule has 13 heavy (non-hydrogen) atoms. The highest BCUT2D eigenvalue weighted by Gasteiger charge is 1.99. The van der Waals surface area contributed by atoms with Gasteiger partial charge in [0.25, 0.3) is 0 Å². The smallest absolute Gasteiger partial charge is 0.0788 e. The number of rotatable bonds is 3. The molecule has 0 atom stereocenters. The van der Waals surface area contributed by atoms with E-state index in [1.165, 1.54) is 0 Å². The molecule has 3 heteroatoms. The summed E-state index contributed by atoms with van der Waals surface area (Å²) in [5, 5.41) is 0. The molecule has 68 valence electrons. The molecule has 0 aliphatic rings. The molecule has 1 rings (SSSR count). The summed E-state index contributed by atoms with van der Waals surface area (Å²) in [5.41, 5.74) is 7.40. The van der Waals surface area contributed by atoms with Crippen LogP contribution in [0.15, 0.2) is 18.3 Å². The lowest BCUT2D eigenvalue weighted by atomic mass is 10.3. The minimum atomic E-state index is 0.456. The molecule has 3 nitrogen and oxygen atoms in total. The maximum absolute atomic E-state index is 5.47. The molecule has 0 aliphatic heterocycles. The Bertz CT molecular complexity index is 314. The minimum absolute atomic E-state index is 0.456. The lowest BCUT2D eigenvalue weighted by molar-refractivity contribution is 0.971. The van der Waals surface area contributed by atoms with Gasteiger partial charge < -0.3 is 10.6 Å². The Balaban J connectivity index is 2.83. The van der Waals surface area contributed by atoms with E-state index >= 15 is 0 Å². The molecule has 1 aromatic heterocycles. The summed E-state index contributed by atoms with van der Waals surface area (Å²) in [7, 11) is 1.94. The average Bonchev–Trinajstić information content (AvgIpc) is 2.18. The van der Waals surface area contributed by atoms with Crippen LogP contribution in [0.1, 0.15) is 5.69 Å². The standard InChI is InChI=1S/C10H13N3/c1-3-6-13(2)10-4-5-12-9(7-10)8-11/h1,4-5,7H,6,8,11H2,2H3. The Morgan fingerprint density at radius 1 is 1.69 bits per heavy atom. The number of hydrogen-bond acceptors (Lipinski definition) is 3. The van der Waals surface area contributed by atoms with Crippen molar-refractivity contribution in [1.29, 1.82) is 0 Å². The molecule has 0 bridgehead atoms. The highest BCUT2D eigenvalue weighted by Crippen LogP contribution is 2.11. The fraction of sp³-hybridized carbons (Fsp3) is 0.300. The Hall–Kier alpha value is -1.53. The van der Waals surface area contributed by atoms with Gasteiger partial charge in [0.1, 0.15) is 0 Å². The predicted octanol–water partition coefficient (Wildman–Crippen LogP) is 0.610. The third-order valence-electron chi connectivity index (χ3n) is 1.78. The summed E-state index contributed by atoms with van der Waals surface area (Å²) in [6.07, 6.45) is 6.95.